The van der Waals surface area contributed by atoms with Crippen molar-refractivity contribution < 1.29 is 4.74 Å². The molecule has 0 amide bonds. The van der Waals surface area contributed by atoms with Crippen LogP contribution in [-0.4, -0.2) is 34.8 Å². The normalized spacial score (nSPS) is 19.0. The fourth-order valence-corrected chi connectivity index (χ4v) is 3.11. The molecule has 1 aliphatic heterocycles. The molecule has 0 aliphatic carbocycles. The quantitative estimate of drug-likeness (QED) is 0.831. The van der Waals surface area contributed by atoms with Crippen molar-refractivity contribution in [3.63, 3.8) is 0 Å². The van der Waals surface area contributed by atoms with Crippen molar-refractivity contribution in [2.45, 2.75) is 25.3 Å². The molecule has 1 aromatic carbocycles. The standard InChI is InChI=1S/C18H23N3O/c1-2-12-22-18-8-4-3-6-16(18)14-21-11-5-7-15(13-21)17-9-10-19-20-17/h2-4,6,8-10,15H,1,5,7,11-14H2,(H,19,20). The highest BCUT2D eigenvalue weighted by Gasteiger charge is 2.22. The Morgan fingerprint density at radius 3 is 3.09 bits per heavy atom. The molecule has 1 aromatic heterocycles. The van der Waals surface area contributed by atoms with Crippen LogP contribution in [0.25, 0.3) is 0 Å². The van der Waals surface area contributed by atoms with E-state index in [9.17, 15) is 0 Å². The minimum absolute atomic E-state index is 0.549. The summed E-state index contributed by atoms with van der Waals surface area (Å²) in [4.78, 5) is 2.51. The van der Waals surface area contributed by atoms with Crippen molar-refractivity contribution in [2.24, 2.45) is 0 Å². The number of nitrogens with zero attached hydrogens (tertiary/aromatic N) is 2. The van der Waals surface area contributed by atoms with E-state index in [2.05, 4.69) is 39.9 Å². The van der Waals surface area contributed by atoms with Gasteiger partial charge in [0.2, 0.25) is 0 Å². The molecule has 4 heteroatoms. The predicted octanol–water partition coefficient (Wildman–Crippen LogP) is 3.35. The van der Waals surface area contributed by atoms with Crippen LogP contribution in [-0.2, 0) is 6.54 Å². The Hall–Kier alpha value is -2.07. The third-order valence-corrected chi connectivity index (χ3v) is 4.19. The van der Waals surface area contributed by atoms with Crippen LogP contribution in [0.5, 0.6) is 5.75 Å². The van der Waals surface area contributed by atoms with Crippen LogP contribution in [0.4, 0.5) is 0 Å². The van der Waals surface area contributed by atoms with Gasteiger partial charge in [-0.1, -0.05) is 30.9 Å². The lowest BCUT2D eigenvalue weighted by Gasteiger charge is -2.32. The molecule has 1 atom stereocenters. The summed E-state index contributed by atoms with van der Waals surface area (Å²) in [6, 6.07) is 10.4. The maximum absolute atomic E-state index is 5.77. The predicted molar refractivity (Wildman–Crippen MR) is 88.0 cm³/mol. The molecule has 1 saturated heterocycles. The van der Waals surface area contributed by atoms with E-state index in [1.165, 1.54) is 24.1 Å². The van der Waals surface area contributed by atoms with Crippen LogP contribution in [0.1, 0.15) is 30.0 Å². The second-order valence-electron chi connectivity index (χ2n) is 5.79. The van der Waals surface area contributed by atoms with Crippen LogP contribution < -0.4 is 4.74 Å². The van der Waals surface area contributed by atoms with Gasteiger partial charge in [0.05, 0.1) is 0 Å². The number of hydrogen-bond acceptors (Lipinski definition) is 3. The SMILES string of the molecule is C=CCOc1ccccc1CN1CCCC(c2ccn[nH]2)C1. The molecule has 0 saturated carbocycles. The largest absolute Gasteiger partial charge is 0.489 e. The number of benzene rings is 1. The molecular weight excluding hydrogens is 274 g/mol. The molecule has 116 valence electrons. The van der Waals surface area contributed by atoms with Crippen molar-refractivity contribution in [3.8, 4) is 5.75 Å². The Morgan fingerprint density at radius 2 is 2.27 bits per heavy atom. The Labute approximate surface area is 131 Å². The van der Waals surface area contributed by atoms with Crippen LogP contribution in [0, 0.1) is 0 Å². The topological polar surface area (TPSA) is 41.1 Å². The van der Waals surface area contributed by atoms with Gasteiger partial charge in [-0.3, -0.25) is 10.00 Å². The lowest BCUT2D eigenvalue weighted by atomic mass is 9.94. The smallest absolute Gasteiger partial charge is 0.124 e. The molecule has 4 nitrogen and oxygen atoms in total. The molecule has 22 heavy (non-hydrogen) atoms. The average molecular weight is 297 g/mol. The number of likely N-dealkylation sites (tertiary alicyclic amines) is 1. The minimum atomic E-state index is 0.549. The first kappa shape index (κ1) is 14.9. The van der Waals surface area contributed by atoms with Crippen LogP contribution in [0.2, 0.25) is 0 Å². The highest BCUT2D eigenvalue weighted by molar-refractivity contribution is 5.33. The molecule has 0 radical (unpaired) electrons. The zero-order chi connectivity index (χ0) is 15.2. The highest BCUT2D eigenvalue weighted by atomic mass is 16.5. The van der Waals surface area contributed by atoms with E-state index >= 15 is 0 Å². The zero-order valence-electron chi connectivity index (χ0n) is 12.9. The fraction of sp³-hybridized carbons (Fsp3) is 0.389. The van der Waals surface area contributed by atoms with Gasteiger partial charge in [-0.25, -0.2) is 0 Å². The third kappa shape index (κ3) is 3.57. The molecule has 1 aliphatic rings. The van der Waals surface area contributed by atoms with E-state index in [1.807, 2.05) is 18.3 Å². The van der Waals surface area contributed by atoms with Crippen molar-refractivity contribution in [1.82, 2.24) is 15.1 Å². The fourth-order valence-electron chi connectivity index (χ4n) is 3.11. The number of aromatic nitrogens is 2. The molecule has 1 unspecified atom stereocenters. The number of hydrogen-bond donors (Lipinski definition) is 1. The number of H-pyrrole nitrogens is 1. The van der Waals surface area contributed by atoms with Gasteiger partial charge in [0.1, 0.15) is 12.4 Å². The highest BCUT2D eigenvalue weighted by Crippen LogP contribution is 2.28. The van der Waals surface area contributed by atoms with E-state index in [0.717, 1.165) is 25.4 Å². The Morgan fingerprint density at radius 1 is 1.36 bits per heavy atom. The van der Waals surface area contributed by atoms with Gasteiger partial charge in [-0.2, -0.15) is 5.10 Å². The molecule has 0 spiro atoms. The van der Waals surface area contributed by atoms with E-state index in [-0.39, 0.29) is 0 Å². The Bertz CT molecular complexity index is 594. The van der Waals surface area contributed by atoms with Crippen LogP contribution >= 0.6 is 0 Å². The second kappa shape index (κ2) is 7.27. The van der Waals surface area contributed by atoms with E-state index < -0.39 is 0 Å². The maximum Gasteiger partial charge on any atom is 0.124 e. The van der Waals surface area contributed by atoms with Crippen molar-refractivity contribution in [2.75, 3.05) is 19.7 Å². The lowest BCUT2D eigenvalue weighted by molar-refractivity contribution is 0.195. The lowest BCUT2D eigenvalue weighted by Crippen LogP contribution is -2.34. The first-order chi connectivity index (χ1) is 10.9. The van der Waals surface area contributed by atoms with Gasteiger partial charge >= 0.3 is 0 Å². The molecule has 1 N–H and O–H groups in total. The molecule has 1 fully saturated rings. The van der Waals surface area contributed by atoms with E-state index in [4.69, 9.17) is 4.74 Å². The minimum Gasteiger partial charge on any atom is -0.489 e. The summed E-state index contributed by atoms with van der Waals surface area (Å²) < 4.78 is 5.77. The summed E-state index contributed by atoms with van der Waals surface area (Å²) in [5, 5.41) is 7.20. The van der Waals surface area contributed by atoms with Gasteiger partial charge in [0.15, 0.2) is 0 Å². The second-order valence-corrected chi connectivity index (χ2v) is 5.79. The van der Waals surface area contributed by atoms with Crippen molar-refractivity contribution >= 4 is 0 Å². The molecule has 3 rings (SSSR count). The number of piperidine rings is 1. The van der Waals surface area contributed by atoms with Gasteiger partial charge in [0.25, 0.3) is 0 Å². The summed E-state index contributed by atoms with van der Waals surface area (Å²) >= 11 is 0. The van der Waals surface area contributed by atoms with Gasteiger partial charge in [-0.15, -0.1) is 0 Å². The van der Waals surface area contributed by atoms with Crippen LogP contribution in [0.3, 0.4) is 0 Å². The first-order valence-electron chi connectivity index (χ1n) is 7.90. The number of aromatic amines is 1. The number of nitrogens with one attached hydrogen (secondary N) is 1. The monoisotopic (exact) mass is 297 g/mol. The number of rotatable bonds is 6. The van der Waals surface area contributed by atoms with Crippen molar-refractivity contribution in [3.05, 3.63) is 60.4 Å². The van der Waals surface area contributed by atoms with Crippen molar-refractivity contribution in [1.29, 1.82) is 0 Å². The summed E-state index contributed by atoms with van der Waals surface area (Å²) in [5.41, 5.74) is 2.50. The Kier molecular flexibility index (Phi) is 4.91. The maximum atomic E-state index is 5.77. The molecule has 2 heterocycles. The summed E-state index contributed by atoms with van der Waals surface area (Å²) in [7, 11) is 0. The average Bonchev–Trinajstić information content (AvgIpc) is 3.09. The Balaban J connectivity index is 1.66. The third-order valence-electron chi connectivity index (χ3n) is 4.19. The number of ether oxygens (including phenoxy) is 1. The molecule has 0 bridgehead atoms. The summed E-state index contributed by atoms with van der Waals surface area (Å²) in [6.07, 6.45) is 6.07. The summed E-state index contributed by atoms with van der Waals surface area (Å²) in [5.74, 6) is 1.52. The molecular formula is C18H23N3O. The molecule has 2 aromatic rings. The first-order valence-corrected chi connectivity index (χ1v) is 7.90. The number of para-hydroxylation sites is 1. The summed E-state index contributed by atoms with van der Waals surface area (Å²) in [6.45, 7) is 7.40. The van der Waals surface area contributed by atoms with Gasteiger partial charge < -0.3 is 4.74 Å². The zero-order valence-corrected chi connectivity index (χ0v) is 12.9. The van der Waals surface area contributed by atoms with Gasteiger partial charge in [0, 0.05) is 36.5 Å². The van der Waals surface area contributed by atoms with Crippen LogP contribution in [0.15, 0.2) is 49.2 Å². The van der Waals surface area contributed by atoms with E-state index in [0.29, 0.717) is 12.5 Å². The van der Waals surface area contributed by atoms with E-state index in [1.54, 1.807) is 6.08 Å². The van der Waals surface area contributed by atoms with Gasteiger partial charge in [-0.05, 0) is 31.5 Å².